The first kappa shape index (κ1) is 24.6. The van der Waals surface area contributed by atoms with E-state index in [1.54, 1.807) is 7.11 Å². The first-order valence-electron chi connectivity index (χ1n) is 11.7. The van der Waals surface area contributed by atoms with E-state index >= 15 is 0 Å². The largest absolute Gasteiger partial charge is 0.497 e. The molecule has 0 aliphatic carbocycles. The first-order chi connectivity index (χ1) is 16.3. The average Bonchev–Trinajstić information content (AvgIpc) is 3.11. The van der Waals surface area contributed by atoms with Crippen LogP contribution in [0.5, 0.6) is 5.75 Å². The lowest BCUT2D eigenvalue weighted by molar-refractivity contribution is -0.139. The SMILES string of the molecule is COc1ccc(C2CCCCCN2C(=O)C2CCN(S(=O)(=O)c3cc(F)ccc3F)CC2)cc1. The Bertz CT molecular complexity index is 1120. The van der Waals surface area contributed by atoms with Crippen LogP contribution < -0.4 is 4.74 Å². The van der Waals surface area contributed by atoms with Crippen LogP contribution in [0.25, 0.3) is 0 Å². The Kier molecular flexibility index (Phi) is 7.52. The molecule has 0 aromatic heterocycles. The zero-order valence-electron chi connectivity index (χ0n) is 19.3. The molecular weight excluding hydrogens is 462 g/mol. The van der Waals surface area contributed by atoms with Gasteiger partial charge in [0, 0.05) is 25.6 Å². The van der Waals surface area contributed by atoms with Gasteiger partial charge >= 0.3 is 0 Å². The van der Waals surface area contributed by atoms with E-state index in [1.807, 2.05) is 29.2 Å². The lowest BCUT2D eigenvalue weighted by Gasteiger charge is -2.37. The van der Waals surface area contributed by atoms with Crippen molar-refractivity contribution >= 4 is 15.9 Å². The third-order valence-corrected chi connectivity index (χ3v) is 8.76. The number of sulfonamides is 1. The number of ether oxygens (including phenoxy) is 1. The molecule has 34 heavy (non-hydrogen) atoms. The minimum absolute atomic E-state index is 0.0240. The number of hydrogen-bond donors (Lipinski definition) is 0. The van der Waals surface area contributed by atoms with Crippen LogP contribution in [0.2, 0.25) is 0 Å². The summed E-state index contributed by atoms with van der Waals surface area (Å²) in [7, 11) is -2.56. The molecule has 2 aromatic carbocycles. The van der Waals surface area contributed by atoms with Crippen molar-refractivity contribution in [1.29, 1.82) is 0 Å². The molecule has 0 radical (unpaired) electrons. The van der Waals surface area contributed by atoms with Crippen LogP contribution in [-0.2, 0) is 14.8 Å². The summed E-state index contributed by atoms with van der Waals surface area (Å²) in [6, 6.07) is 10.2. The number of likely N-dealkylation sites (tertiary alicyclic amines) is 1. The maximum absolute atomic E-state index is 14.1. The monoisotopic (exact) mass is 492 g/mol. The fourth-order valence-electron chi connectivity index (χ4n) is 4.94. The van der Waals surface area contributed by atoms with Gasteiger partial charge in [-0.1, -0.05) is 25.0 Å². The van der Waals surface area contributed by atoms with Crippen molar-refractivity contribution in [3.8, 4) is 5.75 Å². The Balaban J connectivity index is 1.47. The van der Waals surface area contributed by atoms with Gasteiger partial charge in [-0.3, -0.25) is 4.79 Å². The quantitative estimate of drug-likeness (QED) is 0.616. The predicted molar refractivity (Wildman–Crippen MR) is 124 cm³/mol. The Morgan fingerprint density at radius 3 is 2.32 bits per heavy atom. The highest BCUT2D eigenvalue weighted by Crippen LogP contribution is 2.34. The van der Waals surface area contributed by atoms with Crippen LogP contribution in [0.1, 0.15) is 50.1 Å². The van der Waals surface area contributed by atoms with E-state index in [0.717, 1.165) is 53.4 Å². The lowest BCUT2D eigenvalue weighted by atomic mass is 9.94. The highest BCUT2D eigenvalue weighted by Gasteiger charge is 2.37. The van der Waals surface area contributed by atoms with Crippen molar-refractivity contribution in [1.82, 2.24) is 9.21 Å². The van der Waals surface area contributed by atoms with E-state index < -0.39 is 26.6 Å². The van der Waals surface area contributed by atoms with Crippen LogP contribution in [0.15, 0.2) is 47.4 Å². The van der Waals surface area contributed by atoms with Crippen molar-refractivity contribution in [3.05, 3.63) is 59.7 Å². The fourth-order valence-corrected chi connectivity index (χ4v) is 6.48. The predicted octanol–water partition coefficient (Wildman–Crippen LogP) is 4.52. The van der Waals surface area contributed by atoms with Crippen molar-refractivity contribution in [3.63, 3.8) is 0 Å². The number of methoxy groups -OCH3 is 1. The molecule has 184 valence electrons. The van der Waals surface area contributed by atoms with E-state index in [0.29, 0.717) is 25.5 Å². The number of carbonyl (C=O) groups is 1. The van der Waals surface area contributed by atoms with Crippen molar-refractivity contribution in [2.75, 3.05) is 26.7 Å². The van der Waals surface area contributed by atoms with E-state index in [2.05, 4.69) is 0 Å². The third kappa shape index (κ3) is 5.10. The molecular formula is C25H30F2N2O4S. The molecule has 1 unspecified atom stereocenters. The summed E-state index contributed by atoms with van der Waals surface area (Å²) in [5.74, 6) is -1.29. The number of amides is 1. The van der Waals surface area contributed by atoms with E-state index in [1.165, 1.54) is 0 Å². The number of nitrogens with zero attached hydrogens (tertiary/aromatic N) is 2. The molecule has 2 aromatic rings. The fraction of sp³-hybridized carbons (Fsp3) is 0.480. The summed E-state index contributed by atoms with van der Waals surface area (Å²) in [6.45, 7) is 0.855. The number of carbonyl (C=O) groups excluding carboxylic acids is 1. The van der Waals surface area contributed by atoms with Gasteiger partial charge in [0.25, 0.3) is 0 Å². The molecule has 2 aliphatic heterocycles. The van der Waals surface area contributed by atoms with Crippen molar-refractivity contribution in [2.45, 2.75) is 49.5 Å². The Morgan fingerprint density at radius 1 is 0.941 bits per heavy atom. The maximum Gasteiger partial charge on any atom is 0.246 e. The molecule has 4 rings (SSSR count). The third-order valence-electron chi connectivity index (χ3n) is 6.85. The summed E-state index contributed by atoms with van der Waals surface area (Å²) in [5.41, 5.74) is 1.07. The minimum Gasteiger partial charge on any atom is -0.497 e. The normalized spacial score (nSPS) is 20.7. The number of piperidine rings is 1. The van der Waals surface area contributed by atoms with Crippen LogP contribution in [0, 0.1) is 17.6 Å². The van der Waals surface area contributed by atoms with Gasteiger partial charge in [-0.25, -0.2) is 17.2 Å². The molecule has 0 N–H and O–H groups in total. The Hall–Kier alpha value is -2.52. The van der Waals surface area contributed by atoms with Crippen LogP contribution >= 0.6 is 0 Å². The van der Waals surface area contributed by atoms with Gasteiger partial charge in [-0.15, -0.1) is 0 Å². The molecule has 0 bridgehead atoms. The second-order valence-corrected chi connectivity index (χ2v) is 10.8. The highest BCUT2D eigenvalue weighted by molar-refractivity contribution is 7.89. The summed E-state index contributed by atoms with van der Waals surface area (Å²) < 4.78 is 59.9. The zero-order valence-corrected chi connectivity index (χ0v) is 20.1. The summed E-state index contributed by atoms with van der Waals surface area (Å²) in [5, 5.41) is 0. The molecule has 6 nitrogen and oxygen atoms in total. The van der Waals surface area contributed by atoms with Gasteiger partial charge in [0.05, 0.1) is 13.2 Å². The topological polar surface area (TPSA) is 66.9 Å². The Labute approximate surface area is 199 Å². The van der Waals surface area contributed by atoms with Gasteiger partial charge in [-0.2, -0.15) is 4.31 Å². The van der Waals surface area contributed by atoms with E-state index in [-0.39, 0.29) is 31.0 Å². The lowest BCUT2D eigenvalue weighted by Crippen LogP contribution is -2.45. The average molecular weight is 493 g/mol. The smallest absolute Gasteiger partial charge is 0.246 e. The van der Waals surface area contributed by atoms with Gasteiger partial charge in [0.2, 0.25) is 15.9 Å². The van der Waals surface area contributed by atoms with Gasteiger partial charge < -0.3 is 9.64 Å². The van der Waals surface area contributed by atoms with Crippen LogP contribution in [-0.4, -0.2) is 50.3 Å². The molecule has 1 amide bonds. The molecule has 1 atom stereocenters. The zero-order chi connectivity index (χ0) is 24.3. The highest BCUT2D eigenvalue weighted by atomic mass is 32.2. The molecule has 0 spiro atoms. The maximum atomic E-state index is 14.1. The summed E-state index contributed by atoms with van der Waals surface area (Å²) in [4.78, 5) is 14.9. The minimum atomic E-state index is -4.17. The summed E-state index contributed by atoms with van der Waals surface area (Å²) in [6.07, 6.45) is 4.61. The van der Waals surface area contributed by atoms with Gasteiger partial charge in [0.15, 0.2) is 0 Å². The molecule has 2 aliphatic rings. The molecule has 0 saturated carbocycles. The molecule has 9 heteroatoms. The number of halogens is 2. The number of benzene rings is 2. The van der Waals surface area contributed by atoms with E-state index in [9.17, 15) is 22.0 Å². The van der Waals surface area contributed by atoms with Gasteiger partial charge in [0.1, 0.15) is 22.3 Å². The molecule has 2 heterocycles. The standard InChI is InChI=1S/C25H30F2N2O4S/c1-33-21-9-6-18(7-10-21)23-5-3-2-4-14-29(23)25(30)19-12-15-28(16-13-19)34(31,32)24-17-20(26)8-11-22(24)27/h6-11,17,19,23H,2-5,12-16H2,1H3. The number of rotatable bonds is 5. The van der Waals surface area contributed by atoms with Gasteiger partial charge in [-0.05, 0) is 61.6 Å². The number of hydrogen-bond acceptors (Lipinski definition) is 4. The van der Waals surface area contributed by atoms with E-state index in [4.69, 9.17) is 4.74 Å². The Morgan fingerprint density at radius 2 is 1.65 bits per heavy atom. The summed E-state index contributed by atoms with van der Waals surface area (Å²) >= 11 is 0. The molecule has 2 fully saturated rings. The second kappa shape index (κ2) is 10.4. The van der Waals surface area contributed by atoms with Crippen molar-refractivity contribution < 1.29 is 26.7 Å². The first-order valence-corrected chi connectivity index (χ1v) is 13.1. The molecule has 2 saturated heterocycles. The van der Waals surface area contributed by atoms with Crippen molar-refractivity contribution in [2.24, 2.45) is 5.92 Å². The van der Waals surface area contributed by atoms with Crippen LogP contribution in [0.3, 0.4) is 0 Å². The van der Waals surface area contributed by atoms with Crippen LogP contribution in [0.4, 0.5) is 8.78 Å². The second-order valence-electron chi connectivity index (χ2n) is 8.92.